The maximum absolute atomic E-state index is 13.8. The molecule has 0 atom stereocenters. The summed E-state index contributed by atoms with van der Waals surface area (Å²) < 4.78 is 40.9. The quantitative estimate of drug-likeness (QED) is 0.862. The van der Waals surface area contributed by atoms with Crippen LogP contribution in [-0.2, 0) is 10.0 Å². The summed E-state index contributed by atoms with van der Waals surface area (Å²) in [4.78, 5) is 10.1. The molecule has 2 aromatic carbocycles. The molecule has 0 fully saturated rings. The van der Waals surface area contributed by atoms with Gasteiger partial charge in [0.05, 0.1) is 5.56 Å². The Morgan fingerprint density at radius 3 is 2.48 bits per heavy atom. The third-order valence-electron chi connectivity index (χ3n) is 2.55. The van der Waals surface area contributed by atoms with Crippen molar-refractivity contribution in [1.82, 2.24) is 0 Å². The fourth-order valence-electron chi connectivity index (χ4n) is 1.61. The average molecular weight is 374 g/mol. The molecule has 0 radical (unpaired) electrons. The predicted molar refractivity (Wildman–Crippen MR) is 78.3 cm³/mol. The number of benzene rings is 2. The maximum atomic E-state index is 13.8. The molecular formula is C13H9BrFNO4S. The van der Waals surface area contributed by atoms with Crippen molar-refractivity contribution in [3.05, 3.63) is 58.3 Å². The number of nitrogens with one attached hydrogen (secondary N) is 1. The van der Waals surface area contributed by atoms with Crippen LogP contribution in [0, 0.1) is 5.82 Å². The molecule has 110 valence electrons. The van der Waals surface area contributed by atoms with Gasteiger partial charge in [-0.25, -0.2) is 17.6 Å². The van der Waals surface area contributed by atoms with E-state index in [0.717, 1.165) is 12.1 Å². The maximum Gasteiger partial charge on any atom is 0.335 e. The molecule has 0 saturated heterocycles. The lowest BCUT2D eigenvalue weighted by atomic mass is 10.2. The molecule has 5 nitrogen and oxygen atoms in total. The molecule has 0 unspecified atom stereocenters. The number of carboxylic acid groups (broad SMARTS) is 1. The van der Waals surface area contributed by atoms with Crippen LogP contribution in [0.25, 0.3) is 0 Å². The number of hydrogen-bond acceptors (Lipinski definition) is 3. The monoisotopic (exact) mass is 373 g/mol. The van der Waals surface area contributed by atoms with Gasteiger partial charge in [0, 0.05) is 10.2 Å². The largest absolute Gasteiger partial charge is 0.478 e. The molecule has 21 heavy (non-hydrogen) atoms. The minimum absolute atomic E-state index is 0.256. The van der Waals surface area contributed by atoms with Crippen molar-refractivity contribution in [1.29, 1.82) is 0 Å². The first kappa shape index (κ1) is 15.5. The first-order chi connectivity index (χ1) is 9.79. The van der Waals surface area contributed by atoms with Crippen LogP contribution in [0.15, 0.2) is 51.8 Å². The molecule has 0 aliphatic heterocycles. The Labute approximate surface area is 128 Å². The number of sulfonamides is 1. The van der Waals surface area contributed by atoms with Crippen molar-refractivity contribution in [2.45, 2.75) is 4.90 Å². The molecule has 0 amide bonds. The topological polar surface area (TPSA) is 83.5 Å². The minimum atomic E-state index is -4.14. The van der Waals surface area contributed by atoms with Gasteiger partial charge in [-0.15, -0.1) is 0 Å². The van der Waals surface area contributed by atoms with E-state index >= 15 is 0 Å². The van der Waals surface area contributed by atoms with Gasteiger partial charge >= 0.3 is 5.97 Å². The van der Waals surface area contributed by atoms with Gasteiger partial charge in [-0.1, -0.05) is 22.0 Å². The van der Waals surface area contributed by atoms with Crippen molar-refractivity contribution in [2.75, 3.05) is 4.72 Å². The van der Waals surface area contributed by atoms with Crippen LogP contribution in [0.1, 0.15) is 10.4 Å². The lowest BCUT2D eigenvalue weighted by Gasteiger charge is -2.09. The normalized spacial score (nSPS) is 11.1. The van der Waals surface area contributed by atoms with E-state index in [1.165, 1.54) is 12.1 Å². The zero-order valence-corrected chi connectivity index (χ0v) is 12.8. The molecular weight excluding hydrogens is 365 g/mol. The van der Waals surface area contributed by atoms with Gasteiger partial charge in [0.25, 0.3) is 10.0 Å². The summed E-state index contributed by atoms with van der Waals surface area (Å²) in [5.74, 6) is -2.46. The SMILES string of the molecule is O=C(O)c1ccc(S(=O)(=O)Nc2cccc(Br)c2)c(F)c1. The molecule has 0 bridgehead atoms. The van der Waals surface area contributed by atoms with Crippen molar-refractivity contribution < 1.29 is 22.7 Å². The van der Waals surface area contributed by atoms with Crippen LogP contribution in [0.3, 0.4) is 0 Å². The van der Waals surface area contributed by atoms with Crippen molar-refractivity contribution in [2.24, 2.45) is 0 Å². The highest BCUT2D eigenvalue weighted by Crippen LogP contribution is 2.22. The number of rotatable bonds is 4. The van der Waals surface area contributed by atoms with E-state index in [9.17, 15) is 17.6 Å². The molecule has 0 spiro atoms. The summed E-state index contributed by atoms with van der Waals surface area (Å²) in [6.07, 6.45) is 0. The lowest BCUT2D eigenvalue weighted by Crippen LogP contribution is -2.15. The third-order valence-corrected chi connectivity index (χ3v) is 4.45. The third kappa shape index (κ3) is 3.59. The summed E-state index contributed by atoms with van der Waals surface area (Å²) in [7, 11) is -4.14. The van der Waals surface area contributed by atoms with E-state index in [4.69, 9.17) is 5.11 Å². The second-order valence-corrected chi connectivity index (χ2v) is 6.63. The Balaban J connectivity index is 2.38. The Hall–Kier alpha value is -1.93. The summed E-state index contributed by atoms with van der Waals surface area (Å²) in [6.45, 7) is 0. The number of halogens is 2. The highest BCUT2D eigenvalue weighted by Gasteiger charge is 2.20. The van der Waals surface area contributed by atoms with Crippen molar-refractivity contribution >= 4 is 37.6 Å². The van der Waals surface area contributed by atoms with Crippen molar-refractivity contribution in [3.63, 3.8) is 0 Å². The van der Waals surface area contributed by atoms with Crippen LogP contribution < -0.4 is 4.72 Å². The second kappa shape index (κ2) is 5.82. The van der Waals surface area contributed by atoms with Gasteiger partial charge in [-0.2, -0.15) is 0 Å². The summed E-state index contributed by atoms with van der Waals surface area (Å²) in [5.41, 5.74) is -0.0695. The Kier molecular flexibility index (Phi) is 4.29. The average Bonchev–Trinajstić information content (AvgIpc) is 2.37. The van der Waals surface area contributed by atoms with Crippen LogP contribution in [-0.4, -0.2) is 19.5 Å². The highest BCUT2D eigenvalue weighted by molar-refractivity contribution is 9.10. The molecule has 0 aliphatic rings. The summed E-state index contributed by atoms with van der Waals surface area (Å²) in [5, 5.41) is 8.73. The molecule has 0 saturated carbocycles. The summed E-state index contributed by atoms with van der Waals surface area (Å²) in [6, 6.07) is 8.95. The lowest BCUT2D eigenvalue weighted by molar-refractivity contribution is 0.0696. The highest BCUT2D eigenvalue weighted by atomic mass is 79.9. The first-order valence-corrected chi connectivity index (χ1v) is 7.88. The molecule has 8 heteroatoms. The number of hydrogen-bond donors (Lipinski definition) is 2. The predicted octanol–water partition coefficient (Wildman–Crippen LogP) is 3.09. The first-order valence-electron chi connectivity index (χ1n) is 5.61. The van der Waals surface area contributed by atoms with Gasteiger partial charge in [-0.05, 0) is 36.4 Å². The molecule has 0 aliphatic carbocycles. The zero-order chi connectivity index (χ0) is 15.6. The summed E-state index contributed by atoms with van der Waals surface area (Å²) >= 11 is 3.19. The van der Waals surface area contributed by atoms with Crippen LogP contribution in [0.5, 0.6) is 0 Å². The molecule has 2 rings (SSSR count). The van der Waals surface area contributed by atoms with Gasteiger partial charge in [-0.3, -0.25) is 4.72 Å². The van der Waals surface area contributed by atoms with Gasteiger partial charge in [0.1, 0.15) is 10.7 Å². The van der Waals surface area contributed by atoms with Crippen molar-refractivity contribution in [3.8, 4) is 0 Å². The standard InChI is InChI=1S/C13H9BrFNO4S/c14-9-2-1-3-10(7-9)16-21(19,20)12-5-4-8(13(17)18)6-11(12)15/h1-7,16H,(H,17,18). The van der Waals surface area contributed by atoms with Gasteiger partial charge in [0.2, 0.25) is 0 Å². The van der Waals surface area contributed by atoms with E-state index < -0.39 is 26.7 Å². The van der Waals surface area contributed by atoms with Gasteiger partial charge < -0.3 is 5.11 Å². The number of aromatic carboxylic acids is 1. The molecule has 2 aromatic rings. The van der Waals surface area contributed by atoms with E-state index in [0.29, 0.717) is 10.5 Å². The number of carboxylic acids is 1. The number of anilines is 1. The number of carbonyl (C=O) groups is 1. The van der Waals surface area contributed by atoms with Crippen LogP contribution in [0.4, 0.5) is 10.1 Å². The van der Waals surface area contributed by atoms with E-state index in [1.54, 1.807) is 12.1 Å². The fraction of sp³-hybridized carbons (Fsp3) is 0. The Morgan fingerprint density at radius 2 is 1.90 bits per heavy atom. The van der Waals surface area contributed by atoms with Crippen LogP contribution >= 0.6 is 15.9 Å². The Bertz CT molecular complexity index is 808. The van der Waals surface area contributed by atoms with Gasteiger partial charge in [0.15, 0.2) is 0 Å². The van der Waals surface area contributed by atoms with E-state index in [2.05, 4.69) is 20.7 Å². The fourth-order valence-corrected chi connectivity index (χ4v) is 3.12. The zero-order valence-electron chi connectivity index (χ0n) is 10.4. The minimum Gasteiger partial charge on any atom is -0.478 e. The van der Waals surface area contributed by atoms with Crippen LogP contribution in [0.2, 0.25) is 0 Å². The molecule has 2 N–H and O–H groups in total. The van der Waals surface area contributed by atoms with E-state index in [1.807, 2.05) is 0 Å². The smallest absolute Gasteiger partial charge is 0.335 e. The molecule has 0 aromatic heterocycles. The molecule has 0 heterocycles. The second-order valence-electron chi connectivity index (χ2n) is 4.07. The van der Waals surface area contributed by atoms with E-state index in [-0.39, 0.29) is 11.3 Å². The Morgan fingerprint density at radius 1 is 1.19 bits per heavy atom.